The van der Waals surface area contributed by atoms with Crippen LogP contribution in [0.5, 0.6) is 0 Å². The highest BCUT2D eigenvalue weighted by Crippen LogP contribution is 2.16. The second-order valence-electron chi connectivity index (χ2n) is 4.56. The molecular formula is C14H15N3O3S. The van der Waals surface area contributed by atoms with Gasteiger partial charge in [-0.15, -0.1) is 11.3 Å². The molecule has 0 atom stereocenters. The van der Waals surface area contributed by atoms with E-state index in [0.29, 0.717) is 5.01 Å². The molecule has 0 bridgehead atoms. The van der Waals surface area contributed by atoms with Gasteiger partial charge in [-0.3, -0.25) is 0 Å². The quantitative estimate of drug-likeness (QED) is 0.810. The molecule has 0 saturated heterocycles. The summed E-state index contributed by atoms with van der Waals surface area (Å²) in [6.45, 7) is 4.09. The number of urea groups is 1. The Morgan fingerprint density at radius 1 is 1.33 bits per heavy atom. The van der Waals surface area contributed by atoms with Crippen molar-refractivity contribution in [2.75, 3.05) is 5.32 Å². The maximum absolute atomic E-state index is 11.8. The lowest BCUT2D eigenvalue weighted by Crippen LogP contribution is -2.28. The Bertz CT molecular complexity index is 682. The molecule has 1 aromatic heterocycles. The van der Waals surface area contributed by atoms with E-state index in [1.807, 2.05) is 32.0 Å². The molecule has 7 heteroatoms. The highest BCUT2D eigenvalue weighted by Gasteiger charge is 2.10. The molecule has 21 heavy (non-hydrogen) atoms. The highest BCUT2D eigenvalue weighted by atomic mass is 32.1. The number of benzene rings is 1. The molecule has 6 nitrogen and oxygen atoms in total. The summed E-state index contributed by atoms with van der Waals surface area (Å²) in [6.07, 6.45) is 0. The smallest absolute Gasteiger partial charge is 0.355 e. The number of aromatic nitrogens is 1. The Balaban J connectivity index is 1.91. The zero-order chi connectivity index (χ0) is 15.4. The van der Waals surface area contributed by atoms with Crippen molar-refractivity contribution in [3.63, 3.8) is 0 Å². The molecule has 0 aliphatic rings. The normalized spacial score (nSPS) is 10.2. The van der Waals surface area contributed by atoms with Crippen LogP contribution >= 0.6 is 11.3 Å². The van der Waals surface area contributed by atoms with Gasteiger partial charge in [-0.25, -0.2) is 14.6 Å². The molecular weight excluding hydrogens is 290 g/mol. The van der Waals surface area contributed by atoms with Crippen molar-refractivity contribution in [3.8, 4) is 0 Å². The number of hydrogen-bond acceptors (Lipinski definition) is 4. The molecule has 0 saturated carbocycles. The first-order chi connectivity index (χ1) is 9.95. The average molecular weight is 305 g/mol. The van der Waals surface area contributed by atoms with Crippen LogP contribution in [0.25, 0.3) is 0 Å². The van der Waals surface area contributed by atoms with Crippen molar-refractivity contribution in [1.82, 2.24) is 10.3 Å². The van der Waals surface area contributed by atoms with Crippen LogP contribution in [0, 0.1) is 13.8 Å². The van der Waals surface area contributed by atoms with Gasteiger partial charge >= 0.3 is 12.0 Å². The van der Waals surface area contributed by atoms with E-state index in [1.165, 1.54) is 16.7 Å². The number of aryl methyl sites for hydroxylation is 2. The first-order valence-corrected chi connectivity index (χ1v) is 7.13. The minimum atomic E-state index is -1.07. The summed E-state index contributed by atoms with van der Waals surface area (Å²) in [5.74, 6) is -1.07. The molecule has 0 unspecified atom stereocenters. The molecule has 1 aromatic carbocycles. The fourth-order valence-electron chi connectivity index (χ4n) is 1.77. The molecule has 0 spiro atoms. The van der Waals surface area contributed by atoms with E-state index in [0.717, 1.165) is 16.8 Å². The van der Waals surface area contributed by atoms with Crippen LogP contribution < -0.4 is 10.6 Å². The highest BCUT2D eigenvalue weighted by molar-refractivity contribution is 7.09. The number of nitrogens with zero attached hydrogens (tertiary/aromatic N) is 1. The van der Waals surface area contributed by atoms with E-state index >= 15 is 0 Å². The third-order valence-electron chi connectivity index (χ3n) is 2.80. The van der Waals surface area contributed by atoms with Crippen LogP contribution in [-0.2, 0) is 6.54 Å². The summed E-state index contributed by atoms with van der Waals surface area (Å²) < 4.78 is 0. The van der Waals surface area contributed by atoms with Crippen LogP contribution in [0.2, 0.25) is 0 Å². The lowest BCUT2D eigenvalue weighted by molar-refractivity contribution is 0.0691. The maximum Gasteiger partial charge on any atom is 0.355 e. The summed E-state index contributed by atoms with van der Waals surface area (Å²) >= 11 is 1.20. The van der Waals surface area contributed by atoms with Crippen LogP contribution in [-0.4, -0.2) is 22.1 Å². The van der Waals surface area contributed by atoms with Gasteiger partial charge in [-0.2, -0.15) is 0 Å². The van der Waals surface area contributed by atoms with E-state index in [1.54, 1.807) is 0 Å². The fraction of sp³-hybridized carbons (Fsp3) is 0.214. The summed E-state index contributed by atoms with van der Waals surface area (Å²) in [7, 11) is 0. The largest absolute Gasteiger partial charge is 0.476 e. The Morgan fingerprint density at radius 2 is 2.10 bits per heavy atom. The lowest BCUT2D eigenvalue weighted by Gasteiger charge is -2.09. The minimum absolute atomic E-state index is 0.00779. The zero-order valence-corrected chi connectivity index (χ0v) is 12.5. The van der Waals surface area contributed by atoms with E-state index in [9.17, 15) is 9.59 Å². The zero-order valence-electron chi connectivity index (χ0n) is 11.6. The first kappa shape index (κ1) is 15.0. The Morgan fingerprint density at radius 3 is 2.71 bits per heavy atom. The second kappa shape index (κ2) is 6.36. The molecule has 0 fully saturated rings. The number of hydrogen-bond donors (Lipinski definition) is 3. The molecule has 2 aromatic rings. The standard InChI is InChI=1S/C14H15N3O3S/c1-8-3-4-10(9(2)5-8)17-14(20)15-6-12-16-11(7-21-12)13(18)19/h3-5,7H,6H2,1-2H3,(H,18,19)(H2,15,17,20). The topological polar surface area (TPSA) is 91.3 Å². The molecule has 3 N–H and O–H groups in total. The first-order valence-electron chi connectivity index (χ1n) is 6.25. The minimum Gasteiger partial charge on any atom is -0.476 e. The van der Waals surface area contributed by atoms with Crippen molar-refractivity contribution >= 4 is 29.0 Å². The molecule has 2 rings (SSSR count). The summed E-state index contributed by atoms with van der Waals surface area (Å²) in [4.78, 5) is 26.4. The summed E-state index contributed by atoms with van der Waals surface area (Å²) in [6, 6.07) is 5.39. The molecule has 0 aliphatic heterocycles. The number of carbonyl (C=O) groups is 2. The molecule has 0 radical (unpaired) electrons. The van der Waals surface area contributed by atoms with Crippen molar-refractivity contribution in [2.45, 2.75) is 20.4 Å². The summed E-state index contributed by atoms with van der Waals surface area (Å²) in [5.41, 5.74) is 2.84. The number of carboxylic acids is 1. The number of rotatable bonds is 4. The third-order valence-corrected chi connectivity index (χ3v) is 3.65. The van der Waals surface area contributed by atoms with Gasteiger partial charge in [0.1, 0.15) is 5.01 Å². The van der Waals surface area contributed by atoms with Crippen LogP contribution in [0.4, 0.5) is 10.5 Å². The van der Waals surface area contributed by atoms with Gasteiger partial charge in [0, 0.05) is 11.1 Å². The Hall–Kier alpha value is -2.41. The third kappa shape index (κ3) is 4.03. The van der Waals surface area contributed by atoms with E-state index in [-0.39, 0.29) is 18.3 Å². The lowest BCUT2D eigenvalue weighted by atomic mass is 10.1. The predicted octanol–water partition coefficient (Wildman–Crippen LogP) is 2.78. The number of thiazole rings is 1. The van der Waals surface area contributed by atoms with Gasteiger partial charge in [0.05, 0.1) is 6.54 Å². The van der Waals surface area contributed by atoms with E-state index in [4.69, 9.17) is 5.11 Å². The second-order valence-corrected chi connectivity index (χ2v) is 5.50. The van der Waals surface area contributed by atoms with Crippen LogP contribution in [0.15, 0.2) is 23.6 Å². The number of anilines is 1. The van der Waals surface area contributed by atoms with Gasteiger partial charge in [0.25, 0.3) is 0 Å². The SMILES string of the molecule is Cc1ccc(NC(=O)NCc2nc(C(=O)O)cs2)c(C)c1. The van der Waals surface area contributed by atoms with Crippen LogP contribution in [0.3, 0.4) is 0 Å². The van der Waals surface area contributed by atoms with Gasteiger partial charge in [-0.1, -0.05) is 17.7 Å². The van der Waals surface area contributed by atoms with E-state index in [2.05, 4.69) is 15.6 Å². The van der Waals surface area contributed by atoms with Gasteiger partial charge in [0.2, 0.25) is 0 Å². The van der Waals surface area contributed by atoms with Crippen LogP contribution in [0.1, 0.15) is 26.6 Å². The molecule has 1 heterocycles. The summed E-state index contributed by atoms with van der Waals surface area (Å²) in [5, 5.41) is 16.2. The van der Waals surface area contributed by atoms with Gasteiger partial charge in [-0.05, 0) is 25.5 Å². The number of nitrogens with one attached hydrogen (secondary N) is 2. The monoisotopic (exact) mass is 305 g/mol. The van der Waals surface area contributed by atoms with Crippen molar-refractivity contribution < 1.29 is 14.7 Å². The number of aromatic carboxylic acids is 1. The number of amides is 2. The van der Waals surface area contributed by atoms with Crippen molar-refractivity contribution in [2.24, 2.45) is 0 Å². The number of carboxylic acid groups (broad SMARTS) is 1. The van der Waals surface area contributed by atoms with Gasteiger partial charge in [0.15, 0.2) is 5.69 Å². The molecule has 2 amide bonds. The molecule has 110 valence electrons. The van der Waals surface area contributed by atoms with Crippen molar-refractivity contribution in [1.29, 1.82) is 0 Å². The van der Waals surface area contributed by atoms with Crippen molar-refractivity contribution in [3.05, 3.63) is 45.4 Å². The van der Waals surface area contributed by atoms with Gasteiger partial charge < -0.3 is 15.7 Å². The number of carbonyl (C=O) groups excluding carboxylic acids is 1. The Kier molecular flexibility index (Phi) is 4.54. The fourth-order valence-corrected chi connectivity index (χ4v) is 2.47. The van der Waals surface area contributed by atoms with E-state index < -0.39 is 5.97 Å². The average Bonchev–Trinajstić information content (AvgIpc) is 2.89. The molecule has 0 aliphatic carbocycles. The Labute approximate surface area is 125 Å². The maximum atomic E-state index is 11.8. The predicted molar refractivity (Wildman–Crippen MR) is 80.8 cm³/mol.